The number of aromatic nitrogens is 2. The summed E-state index contributed by atoms with van der Waals surface area (Å²) in [5, 5.41) is 5.43. The molecule has 37 heavy (non-hydrogen) atoms. The molecular weight excluding hydrogens is 514 g/mol. The Morgan fingerprint density at radius 3 is 2.54 bits per heavy atom. The van der Waals surface area contributed by atoms with Crippen LogP contribution in [0.25, 0.3) is 0 Å². The maximum Gasteiger partial charge on any atom is 0.421 e. The van der Waals surface area contributed by atoms with Crippen molar-refractivity contribution in [3.63, 3.8) is 0 Å². The van der Waals surface area contributed by atoms with E-state index in [2.05, 4.69) is 20.6 Å². The average Bonchev–Trinajstić information content (AvgIpc) is 3.03. The second-order valence-electron chi connectivity index (χ2n) is 8.42. The van der Waals surface area contributed by atoms with Gasteiger partial charge in [-0.3, -0.25) is 9.36 Å². The zero-order chi connectivity index (χ0) is 27.1. The number of hydrogen-bond donors (Lipinski definition) is 4. The van der Waals surface area contributed by atoms with Gasteiger partial charge >= 0.3 is 13.8 Å². The van der Waals surface area contributed by atoms with Crippen molar-refractivity contribution in [3.8, 4) is 5.75 Å². The maximum absolute atomic E-state index is 13.8. The first-order chi connectivity index (χ1) is 17.3. The summed E-state index contributed by atoms with van der Waals surface area (Å²) in [6.45, 7) is 1.82. The molecule has 10 nitrogen and oxygen atoms in total. The molecule has 0 radical (unpaired) electrons. The molecule has 1 aliphatic rings. The smallest absolute Gasteiger partial charge is 0.421 e. The van der Waals surface area contributed by atoms with E-state index in [9.17, 15) is 32.3 Å². The fraction of sp³-hybridized carbons (Fsp3) is 0.261. The van der Waals surface area contributed by atoms with Gasteiger partial charge in [-0.25, -0.2) is 4.98 Å². The topological polar surface area (TPSA) is 137 Å². The molecule has 4 N–H and O–H groups in total. The van der Waals surface area contributed by atoms with Crippen molar-refractivity contribution in [2.45, 2.75) is 25.3 Å². The largest absolute Gasteiger partial charge is 0.495 e. The van der Waals surface area contributed by atoms with Crippen LogP contribution in [-0.4, -0.2) is 44.7 Å². The van der Waals surface area contributed by atoms with E-state index in [4.69, 9.17) is 4.74 Å². The van der Waals surface area contributed by atoms with Crippen molar-refractivity contribution in [1.82, 2.24) is 14.9 Å². The molecule has 0 saturated carbocycles. The molecule has 1 aromatic heterocycles. The number of alkyl halides is 3. The monoisotopic (exact) mass is 537 g/mol. The van der Waals surface area contributed by atoms with Gasteiger partial charge < -0.3 is 30.1 Å². The zero-order valence-corrected chi connectivity index (χ0v) is 20.8. The normalized spacial score (nSPS) is 15.5. The van der Waals surface area contributed by atoms with Crippen molar-refractivity contribution >= 4 is 36.6 Å². The highest BCUT2D eigenvalue weighted by molar-refractivity contribution is 7.50. The van der Waals surface area contributed by atoms with Crippen LogP contribution in [0.3, 0.4) is 0 Å². The Bertz CT molecular complexity index is 1410. The predicted octanol–water partition coefficient (Wildman–Crippen LogP) is 4.82. The number of carbonyl (C=O) groups is 1. The van der Waals surface area contributed by atoms with Crippen LogP contribution in [0.4, 0.5) is 36.3 Å². The number of carbonyl (C=O) groups excluding carboxylic acids is 1. The average molecular weight is 537 g/mol. The molecule has 2 heterocycles. The Balaban J connectivity index is 1.71. The van der Waals surface area contributed by atoms with Gasteiger partial charge in [0.25, 0.3) is 5.91 Å². The Morgan fingerprint density at radius 2 is 1.89 bits per heavy atom. The van der Waals surface area contributed by atoms with Crippen LogP contribution >= 0.6 is 7.60 Å². The molecule has 0 saturated heterocycles. The second-order valence-corrected chi connectivity index (χ2v) is 10.1. The summed E-state index contributed by atoms with van der Waals surface area (Å²) in [7, 11) is -1.38. The molecule has 0 fully saturated rings. The lowest BCUT2D eigenvalue weighted by molar-refractivity contribution is -0.137. The number of fused-ring (bicyclic) bond motifs is 1. The quantitative estimate of drug-likeness (QED) is 0.313. The zero-order valence-electron chi connectivity index (χ0n) is 19.9. The van der Waals surface area contributed by atoms with E-state index < -0.39 is 31.3 Å². The van der Waals surface area contributed by atoms with Gasteiger partial charge in [0.1, 0.15) is 17.1 Å². The van der Waals surface area contributed by atoms with Gasteiger partial charge in [0.05, 0.1) is 36.3 Å². The van der Waals surface area contributed by atoms with Crippen molar-refractivity contribution in [2.24, 2.45) is 0 Å². The van der Waals surface area contributed by atoms with Crippen LogP contribution in [0.1, 0.15) is 40.0 Å². The third-order valence-corrected chi connectivity index (χ3v) is 6.69. The fourth-order valence-electron chi connectivity index (χ4n) is 3.99. The lowest BCUT2D eigenvalue weighted by Crippen LogP contribution is -2.21. The molecule has 3 aromatic rings. The van der Waals surface area contributed by atoms with Gasteiger partial charge in [0.15, 0.2) is 0 Å². The number of benzene rings is 2. The van der Waals surface area contributed by atoms with Crippen molar-refractivity contribution in [2.75, 3.05) is 24.8 Å². The SMILES string of the molecule is COc1cc(CP(=O)(O)O)ccc1Nc1ncc(C(F)(F)F)c(Nc2cccc3c2C(=O)N(C)C3C)n1. The molecule has 0 aliphatic carbocycles. The van der Waals surface area contributed by atoms with Crippen LogP contribution in [0.2, 0.25) is 0 Å². The molecule has 1 aliphatic heterocycles. The predicted molar refractivity (Wildman–Crippen MR) is 129 cm³/mol. The highest BCUT2D eigenvalue weighted by atomic mass is 31.2. The van der Waals surface area contributed by atoms with E-state index in [1.54, 1.807) is 19.2 Å². The number of nitrogens with zero attached hydrogens (tertiary/aromatic N) is 3. The minimum Gasteiger partial charge on any atom is -0.495 e. The molecule has 196 valence electrons. The molecule has 1 atom stereocenters. The van der Waals surface area contributed by atoms with Crippen LogP contribution in [0.5, 0.6) is 5.75 Å². The number of halogens is 3. The van der Waals surface area contributed by atoms with Gasteiger partial charge in [0, 0.05) is 13.2 Å². The minimum absolute atomic E-state index is 0.174. The van der Waals surface area contributed by atoms with E-state index in [0.29, 0.717) is 17.3 Å². The molecule has 1 unspecified atom stereocenters. The number of nitrogens with one attached hydrogen (secondary N) is 2. The third-order valence-electron chi connectivity index (χ3n) is 5.91. The van der Waals surface area contributed by atoms with Gasteiger partial charge in [-0.15, -0.1) is 0 Å². The second kappa shape index (κ2) is 9.66. The first-order valence-electron chi connectivity index (χ1n) is 10.9. The van der Waals surface area contributed by atoms with E-state index in [1.807, 2.05) is 6.92 Å². The number of anilines is 4. The minimum atomic E-state index is -4.78. The van der Waals surface area contributed by atoms with Gasteiger partial charge in [-0.05, 0) is 36.2 Å². The van der Waals surface area contributed by atoms with E-state index in [1.165, 1.54) is 36.3 Å². The Labute approximate surface area is 209 Å². The summed E-state index contributed by atoms with van der Waals surface area (Å²) in [4.78, 5) is 40.4. The molecule has 2 aromatic carbocycles. The lowest BCUT2D eigenvalue weighted by Gasteiger charge is -2.17. The Morgan fingerprint density at radius 1 is 1.16 bits per heavy atom. The molecule has 0 bridgehead atoms. The summed E-state index contributed by atoms with van der Waals surface area (Å²) in [5.74, 6) is -0.925. The maximum atomic E-state index is 13.8. The third kappa shape index (κ3) is 5.53. The van der Waals surface area contributed by atoms with Gasteiger partial charge in [0.2, 0.25) is 5.95 Å². The number of hydrogen-bond acceptors (Lipinski definition) is 7. The van der Waals surface area contributed by atoms with Crippen LogP contribution < -0.4 is 15.4 Å². The molecular formula is C23H23F3N5O5P. The van der Waals surface area contributed by atoms with Crippen molar-refractivity contribution in [1.29, 1.82) is 0 Å². The van der Waals surface area contributed by atoms with Gasteiger partial charge in [-0.1, -0.05) is 18.2 Å². The summed E-state index contributed by atoms with van der Waals surface area (Å²) < 4.78 is 57.9. The molecule has 4 rings (SSSR count). The molecule has 1 amide bonds. The van der Waals surface area contributed by atoms with Crippen LogP contribution in [0.15, 0.2) is 42.6 Å². The van der Waals surface area contributed by atoms with Crippen LogP contribution in [-0.2, 0) is 16.9 Å². The summed E-state index contributed by atoms with van der Waals surface area (Å²) in [6, 6.07) is 8.91. The van der Waals surface area contributed by atoms with Crippen LogP contribution in [0, 0.1) is 0 Å². The van der Waals surface area contributed by atoms with Crippen molar-refractivity contribution in [3.05, 3.63) is 64.8 Å². The van der Waals surface area contributed by atoms with Crippen molar-refractivity contribution < 1.29 is 37.1 Å². The first-order valence-corrected chi connectivity index (χ1v) is 12.7. The first kappa shape index (κ1) is 26.4. The fourth-order valence-corrected chi connectivity index (χ4v) is 4.66. The summed E-state index contributed by atoms with van der Waals surface area (Å²) in [5.41, 5.74) is 0.543. The highest BCUT2D eigenvalue weighted by Gasteiger charge is 2.37. The highest BCUT2D eigenvalue weighted by Crippen LogP contribution is 2.42. The van der Waals surface area contributed by atoms with E-state index in [-0.39, 0.29) is 40.6 Å². The Hall–Kier alpha value is -3.67. The standard InChI is InChI=1S/C23H23F3N5O5P/c1-12-14-5-4-6-17(19(14)21(32)31(12)2)28-20-15(23(24,25)26)10-27-22(30-20)29-16-8-7-13(9-18(16)36-3)11-37(33,34)35/h4-10,12H,11H2,1-3H3,(H2,33,34,35)(H2,27,28,29,30). The van der Waals surface area contributed by atoms with E-state index in [0.717, 1.165) is 0 Å². The molecule has 14 heteroatoms. The molecule has 0 spiro atoms. The number of ether oxygens (including phenoxy) is 1. The Kier molecular flexibility index (Phi) is 6.89. The van der Waals surface area contributed by atoms with E-state index >= 15 is 0 Å². The van der Waals surface area contributed by atoms with Gasteiger partial charge in [-0.2, -0.15) is 18.2 Å². The lowest BCUT2D eigenvalue weighted by atomic mass is 10.0. The summed E-state index contributed by atoms with van der Waals surface area (Å²) in [6.07, 6.45) is -4.68. The number of rotatable bonds is 7. The number of methoxy groups -OCH3 is 1. The summed E-state index contributed by atoms with van der Waals surface area (Å²) >= 11 is 0. The number of amides is 1.